The largest absolute Gasteiger partial charge is 0.496 e. The predicted octanol–water partition coefficient (Wildman–Crippen LogP) is 3.56. The molecule has 1 aromatic carbocycles. The van der Waals surface area contributed by atoms with Gasteiger partial charge in [0, 0.05) is 10.9 Å². The highest BCUT2D eigenvalue weighted by Crippen LogP contribution is 2.32. The molecule has 1 saturated carbocycles. The van der Waals surface area contributed by atoms with Crippen molar-refractivity contribution < 1.29 is 9.53 Å². The average Bonchev–Trinajstić information content (AvgIpc) is 3.20. The molecule has 1 aliphatic rings. The summed E-state index contributed by atoms with van der Waals surface area (Å²) >= 11 is 1.69. The van der Waals surface area contributed by atoms with Gasteiger partial charge in [-0.15, -0.1) is 11.3 Å². The van der Waals surface area contributed by atoms with Gasteiger partial charge in [0.2, 0.25) is 0 Å². The molecule has 4 heteroatoms. The molecule has 104 valence electrons. The zero-order valence-corrected chi connectivity index (χ0v) is 12.2. The van der Waals surface area contributed by atoms with Crippen molar-refractivity contribution in [2.45, 2.75) is 25.4 Å². The third-order valence-corrected chi connectivity index (χ3v) is 4.35. The molecule has 3 nitrogen and oxygen atoms in total. The van der Waals surface area contributed by atoms with Crippen LogP contribution in [0.1, 0.15) is 28.1 Å². The Hall–Kier alpha value is -1.81. The lowest BCUT2D eigenvalue weighted by Crippen LogP contribution is -2.32. The minimum atomic E-state index is 0.0679. The van der Waals surface area contributed by atoms with Gasteiger partial charge in [0.15, 0.2) is 0 Å². The highest BCUT2D eigenvalue weighted by atomic mass is 32.1. The second-order valence-electron chi connectivity index (χ2n) is 4.94. The average molecular weight is 287 g/mol. The molecule has 0 saturated heterocycles. The SMILES string of the molecule is COc1ccccc1C(=O)N(Cc1cccs1)C1CC1. The fraction of sp³-hybridized carbons (Fsp3) is 0.312. The molecular formula is C16H17NO2S. The smallest absolute Gasteiger partial charge is 0.258 e. The third kappa shape index (κ3) is 2.70. The van der Waals surface area contributed by atoms with Gasteiger partial charge < -0.3 is 9.64 Å². The van der Waals surface area contributed by atoms with E-state index in [-0.39, 0.29) is 5.91 Å². The molecule has 2 aromatic rings. The number of benzene rings is 1. The summed E-state index contributed by atoms with van der Waals surface area (Å²) < 4.78 is 5.31. The van der Waals surface area contributed by atoms with Crippen LogP contribution >= 0.6 is 11.3 Å². The number of ether oxygens (including phenoxy) is 1. The number of hydrogen-bond acceptors (Lipinski definition) is 3. The lowest BCUT2D eigenvalue weighted by atomic mass is 10.1. The maximum Gasteiger partial charge on any atom is 0.258 e. The van der Waals surface area contributed by atoms with Crippen molar-refractivity contribution in [1.29, 1.82) is 0 Å². The lowest BCUT2D eigenvalue weighted by molar-refractivity contribution is 0.0728. The maximum atomic E-state index is 12.8. The van der Waals surface area contributed by atoms with Crippen molar-refractivity contribution in [2.75, 3.05) is 7.11 Å². The van der Waals surface area contributed by atoms with E-state index in [4.69, 9.17) is 4.74 Å². The summed E-state index contributed by atoms with van der Waals surface area (Å²) in [5.41, 5.74) is 0.651. The Morgan fingerprint density at radius 3 is 2.75 bits per heavy atom. The first-order valence-corrected chi connectivity index (χ1v) is 7.64. The second kappa shape index (κ2) is 5.67. The van der Waals surface area contributed by atoms with E-state index in [0.717, 1.165) is 12.8 Å². The number of para-hydroxylation sites is 1. The van der Waals surface area contributed by atoms with Crippen molar-refractivity contribution in [1.82, 2.24) is 4.90 Å². The molecular weight excluding hydrogens is 270 g/mol. The topological polar surface area (TPSA) is 29.5 Å². The number of amides is 1. The van der Waals surface area contributed by atoms with Gasteiger partial charge in [-0.2, -0.15) is 0 Å². The number of nitrogens with zero attached hydrogens (tertiary/aromatic N) is 1. The molecule has 20 heavy (non-hydrogen) atoms. The lowest BCUT2D eigenvalue weighted by Gasteiger charge is -2.22. The summed E-state index contributed by atoms with van der Waals surface area (Å²) in [7, 11) is 1.60. The molecule has 0 N–H and O–H groups in total. The van der Waals surface area contributed by atoms with Crippen LogP contribution in [-0.4, -0.2) is 24.0 Å². The highest BCUT2D eigenvalue weighted by Gasteiger charge is 2.34. The number of hydrogen-bond donors (Lipinski definition) is 0. The van der Waals surface area contributed by atoms with Gasteiger partial charge in [-0.25, -0.2) is 0 Å². The van der Waals surface area contributed by atoms with Gasteiger partial charge in [-0.05, 0) is 36.4 Å². The number of methoxy groups -OCH3 is 1. The van der Waals surface area contributed by atoms with E-state index in [1.807, 2.05) is 40.6 Å². The summed E-state index contributed by atoms with van der Waals surface area (Å²) in [5.74, 6) is 0.715. The van der Waals surface area contributed by atoms with Crippen LogP contribution in [0.4, 0.5) is 0 Å². The molecule has 0 spiro atoms. The Kier molecular flexibility index (Phi) is 3.74. The predicted molar refractivity (Wildman–Crippen MR) is 80.2 cm³/mol. The fourth-order valence-corrected chi connectivity index (χ4v) is 3.00. The maximum absolute atomic E-state index is 12.8. The number of carbonyl (C=O) groups is 1. The van der Waals surface area contributed by atoms with Crippen LogP contribution in [0.2, 0.25) is 0 Å². The van der Waals surface area contributed by atoms with Crippen LogP contribution in [0, 0.1) is 0 Å². The Balaban J connectivity index is 1.85. The molecule has 0 atom stereocenters. The summed E-state index contributed by atoms with van der Waals surface area (Å²) in [6.45, 7) is 0.694. The first-order chi connectivity index (χ1) is 9.79. The molecule has 1 fully saturated rings. The van der Waals surface area contributed by atoms with Crippen molar-refractivity contribution in [3.05, 3.63) is 52.2 Å². The standard InChI is InChI=1S/C16H17NO2S/c1-19-15-7-3-2-6-14(15)16(18)17(12-8-9-12)11-13-5-4-10-20-13/h2-7,10,12H,8-9,11H2,1H3. The van der Waals surface area contributed by atoms with Crippen molar-refractivity contribution in [3.63, 3.8) is 0 Å². The normalized spacial score (nSPS) is 14.1. The number of rotatable bonds is 5. The highest BCUT2D eigenvalue weighted by molar-refractivity contribution is 7.09. The van der Waals surface area contributed by atoms with E-state index in [2.05, 4.69) is 6.07 Å². The molecule has 0 bridgehead atoms. The Labute approximate surface area is 122 Å². The minimum absolute atomic E-state index is 0.0679. The molecule has 0 unspecified atom stereocenters. The van der Waals surface area contributed by atoms with Crippen LogP contribution in [0.15, 0.2) is 41.8 Å². The van der Waals surface area contributed by atoms with Gasteiger partial charge >= 0.3 is 0 Å². The molecule has 1 heterocycles. The van der Waals surface area contributed by atoms with E-state index in [9.17, 15) is 4.79 Å². The third-order valence-electron chi connectivity index (χ3n) is 3.49. The molecule has 1 amide bonds. The van der Waals surface area contributed by atoms with Crippen LogP contribution in [0.3, 0.4) is 0 Å². The fourth-order valence-electron chi connectivity index (χ4n) is 2.30. The number of carbonyl (C=O) groups excluding carboxylic acids is 1. The Morgan fingerprint density at radius 1 is 1.30 bits per heavy atom. The Bertz CT molecular complexity index is 590. The van der Waals surface area contributed by atoms with Gasteiger partial charge in [0.1, 0.15) is 5.75 Å². The minimum Gasteiger partial charge on any atom is -0.496 e. The van der Waals surface area contributed by atoms with Gasteiger partial charge in [0.25, 0.3) is 5.91 Å². The van der Waals surface area contributed by atoms with Crippen molar-refractivity contribution in [2.24, 2.45) is 0 Å². The van der Waals surface area contributed by atoms with Crippen LogP contribution in [0.25, 0.3) is 0 Å². The van der Waals surface area contributed by atoms with Crippen molar-refractivity contribution >= 4 is 17.2 Å². The molecule has 1 aliphatic carbocycles. The Morgan fingerprint density at radius 2 is 2.10 bits per heavy atom. The van der Waals surface area contributed by atoms with E-state index >= 15 is 0 Å². The van der Waals surface area contributed by atoms with Crippen LogP contribution in [0.5, 0.6) is 5.75 Å². The van der Waals surface area contributed by atoms with Gasteiger partial charge in [-0.1, -0.05) is 18.2 Å². The quantitative estimate of drug-likeness (QED) is 0.841. The second-order valence-corrected chi connectivity index (χ2v) is 5.98. The molecule has 0 aliphatic heterocycles. The zero-order valence-electron chi connectivity index (χ0n) is 11.4. The number of thiophene rings is 1. The summed E-state index contributed by atoms with van der Waals surface area (Å²) in [6.07, 6.45) is 2.21. The van der Waals surface area contributed by atoms with Gasteiger partial charge in [-0.3, -0.25) is 4.79 Å². The van der Waals surface area contributed by atoms with Crippen LogP contribution in [-0.2, 0) is 6.54 Å². The van der Waals surface area contributed by atoms with Gasteiger partial charge in [0.05, 0.1) is 19.2 Å². The molecule has 0 radical (unpaired) electrons. The molecule has 1 aromatic heterocycles. The first kappa shape index (κ1) is 13.2. The van der Waals surface area contributed by atoms with E-state index in [1.54, 1.807) is 18.4 Å². The summed E-state index contributed by atoms with van der Waals surface area (Å²) in [4.78, 5) is 16.0. The molecule has 3 rings (SSSR count). The van der Waals surface area contributed by atoms with E-state index < -0.39 is 0 Å². The summed E-state index contributed by atoms with van der Waals surface area (Å²) in [5, 5.41) is 2.05. The van der Waals surface area contributed by atoms with E-state index in [0.29, 0.717) is 23.9 Å². The zero-order chi connectivity index (χ0) is 13.9. The first-order valence-electron chi connectivity index (χ1n) is 6.76. The van der Waals surface area contributed by atoms with Crippen LogP contribution < -0.4 is 4.74 Å². The monoisotopic (exact) mass is 287 g/mol. The van der Waals surface area contributed by atoms with Crippen molar-refractivity contribution in [3.8, 4) is 5.75 Å². The summed E-state index contributed by atoms with van der Waals surface area (Å²) in [6, 6.07) is 11.9. The van der Waals surface area contributed by atoms with E-state index in [1.165, 1.54) is 4.88 Å².